The number of fused-ring (bicyclic) bond motifs is 2. The van der Waals surface area contributed by atoms with Crippen molar-refractivity contribution in [2.75, 3.05) is 5.32 Å². The summed E-state index contributed by atoms with van der Waals surface area (Å²) in [5, 5.41) is 16.4. The van der Waals surface area contributed by atoms with Gasteiger partial charge in [-0.1, -0.05) is 19.9 Å². The monoisotopic (exact) mass is 491 g/mol. The average molecular weight is 492 g/mol. The van der Waals surface area contributed by atoms with Crippen molar-refractivity contribution in [3.8, 4) is 33.8 Å². The van der Waals surface area contributed by atoms with Crippen molar-refractivity contribution in [1.29, 1.82) is 0 Å². The second-order valence-corrected chi connectivity index (χ2v) is 9.58. The minimum absolute atomic E-state index is 0.773. The van der Waals surface area contributed by atoms with Crippen LogP contribution in [0.1, 0.15) is 26.2 Å². The molecule has 0 aromatic carbocycles. The van der Waals surface area contributed by atoms with E-state index in [-0.39, 0.29) is 0 Å². The molecule has 7 nitrogen and oxygen atoms in total. The Morgan fingerprint density at radius 3 is 2.81 bits per heavy atom. The Hall–Kier alpha value is -4.30. The fourth-order valence-corrected chi connectivity index (χ4v) is 5.04. The summed E-state index contributed by atoms with van der Waals surface area (Å²) in [7, 11) is 0. The van der Waals surface area contributed by atoms with Crippen LogP contribution in [-0.2, 0) is 0 Å². The number of nitrogens with one attached hydrogen (secondary N) is 3. The minimum atomic E-state index is 0.773. The molecule has 0 amide bonds. The number of thiophene rings is 1. The van der Waals surface area contributed by atoms with Gasteiger partial charge < -0.3 is 10.3 Å². The van der Waals surface area contributed by atoms with Gasteiger partial charge in [0, 0.05) is 34.6 Å². The number of hydrogen-bond acceptors (Lipinski definition) is 6. The first kappa shape index (κ1) is 22.2. The summed E-state index contributed by atoms with van der Waals surface area (Å²) in [6, 6.07) is 10.3. The molecule has 6 aromatic heterocycles. The molecule has 8 heteroatoms. The third-order valence-electron chi connectivity index (χ3n) is 6.23. The molecule has 0 saturated heterocycles. The van der Waals surface area contributed by atoms with Crippen LogP contribution in [0.2, 0.25) is 0 Å². The Morgan fingerprint density at radius 1 is 1.03 bits per heavy atom. The van der Waals surface area contributed by atoms with Crippen LogP contribution in [0.4, 0.5) is 5.69 Å². The van der Waals surface area contributed by atoms with Crippen LogP contribution in [-0.4, -0.2) is 30.1 Å². The molecule has 6 rings (SSSR count). The first-order valence-electron chi connectivity index (χ1n) is 11.9. The lowest BCUT2D eigenvalue weighted by molar-refractivity contribution is 0.791. The van der Waals surface area contributed by atoms with Crippen molar-refractivity contribution in [2.45, 2.75) is 26.2 Å². The summed E-state index contributed by atoms with van der Waals surface area (Å²) < 4.78 is 0. The zero-order valence-electron chi connectivity index (χ0n) is 19.9. The maximum Gasteiger partial charge on any atom is 0.135 e. The highest BCUT2D eigenvalue weighted by Crippen LogP contribution is 2.34. The predicted octanol–water partition coefficient (Wildman–Crippen LogP) is 7.41. The van der Waals surface area contributed by atoms with E-state index in [1.807, 2.05) is 36.9 Å². The van der Waals surface area contributed by atoms with Gasteiger partial charge >= 0.3 is 0 Å². The van der Waals surface area contributed by atoms with Crippen molar-refractivity contribution in [2.24, 2.45) is 0 Å². The summed E-state index contributed by atoms with van der Waals surface area (Å²) in [5.41, 5.74) is 10.2. The number of aromatic amines is 2. The number of rotatable bonds is 8. The van der Waals surface area contributed by atoms with Crippen molar-refractivity contribution >= 4 is 39.0 Å². The lowest BCUT2D eigenvalue weighted by Crippen LogP contribution is -1.99. The Kier molecular flexibility index (Phi) is 5.79. The van der Waals surface area contributed by atoms with Gasteiger partial charge in [0.25, 0.3) is 0 Å². The normalized spacial score (nSPS) is 11.4. The first-order valence-corrected chi connectivity index (χ1v) is 12.9. The van der Waals surface area contributed by atoms with Gasteiger partial charge in [0.1, 0.15) is 11.2 Å². The van der Waals surface area contributed by atoms with Crippen LogP contribution in [0.25, 0.3) is 55.7 Å². The molecule has 0 atom stereocenters. The van der Waals surface area contributed by atoms with Crippen LogP contribution in [0.15, 0.2) is 78.2 Å². The third kappa shape index (κ3) is 4.16. The molecule has 0 aliphatic carbocycles. The first-order chi connectivity index (χ1) is 17.7. The SMILES string of the molecule is C=C(CCCC)Nc1cncc(-c2ccc3[nH]nc(-c4cc5c(-c6ccsc6)cncc5[nH]4)c3n2)c1. The highest BCUT2D eigenvalue weighted by Gasteiger charge is 2.16. The summed E-state index contributed by atoms with van der Waals surface area (Å²) in [6.45, 7) is 6.31. The quantitative estimate of drug-likeness (QED) is 0.206. The highest BCUT2D eigenvalue weighted by molar-refractivity contribution is 7.08. The molecule has 178 valence electrons. The lowest BCUT2D eigenvalue weighted by atomic mass is 10.1. The molecular formula is C28H25N7S. The zero-order valence-corrected chi connectivity index (χ0v) is 20.7. The Bertz CT molecular complexity index is 1680. The Labute approximate surface area is 212 Å². The average Bonchev–Trinajstić information content (AvgIpc) is 3.66. The van der Waals surface area contributed by atoms with Gasteiger partial charge in [0.15, 0.2) is 0 Å². The van der Waals surface area contributed by atoms with E-state index in [0.717, 1.165) is 86.4 Å². The van der Waals surface area contributed by atoms with Gasteiger partial charge in [-0.15, -0.1) is 0 Å². The standard InChI is InChI=1S/C28H25N7S/c1-3-4-5-17(2)31-20-10-19(12-29-13-20)23-6-7-24-27(33-23)28(35-34-24)25-11-21-22(18-8-9-36-16-18)14-30-15-26(21)32-25/h6-16,31-32H,2-5H2,1H3,(H,34,35). The van der Waals surface area contributed by atoms with Gasteiger partial charge in [-0.2, -0.15) is 16.4 Å². The van der Waals surface area contributed by atoms with Crippen molar-refractivity contribution in [1.82, 2.24) is 30.1 Å². The topological polar surface area (TPSA) is 95.2 Å². The Balaban J connectivity index is 1.37. The summed E-state index contributed by atoms with van der Waals surface area (Å²) >= 11 is 1.68. The fourth-order valence-electron chi connectivity index (χ4n) is 4.38. The number of aromatic nitrogens is 6. The van der Waals surface area contributed by atoms with Crippen molar-refractivity contribution in [3.05, 3.63) is 78.2 Å². The van der Waals surface area contributed by atoms with E-state index in [1.165, 1.54) is 0 Å². The highest BCUT2D eigenvalue weighted by atomic mass is 32.1. The van der Waals surface area contributed by atoms with Gasteiger partial charge in [-0.05, 0) is 59.5 Å². The van der Waals surface area contributed by atoms with Crippen LogP contribution in [0, 0.1) is 0 Å². The van der Waals surface area contributed by atoms with E-state index in [0.29, 0.717) is 0 Å². The van der Waals surface area contributed by atoms with E-state index in [4.69, 9.17) is 4.98 Å². The van der Waals surface area contributed by atoms with Crippen LogP contribution in [0.5, 0.6) is 0 Å². The largest absolute Gasteiger partial charge is 0.358 e. The zero-order chi connectivity index (χ0) is 24.5. The second kappa shape index (κ2) is 9.39. The molecule has 3 N–H and O–H groups in total. The van der Waals surface area contributed by atoms with Gasteiger partial charge in [0.05, 0.1) is 40.5 Å². The number of hydrogen-bond donors (Lipinski definition) is 3. The summed E-state index contributed by atoms with van der Waals surface area (Å²) in [5.74, 6) is 0. The molecule has 6 aromatic rings. The number of pyridine rings is 3. The second-order valence-electron chi connectivity index (χ2n) is 8.80. The van der Waals surface area contributed by atoms with E-state index in [1.54, 1.807) is 11.3 Å². The molecule has 0 bridgehead atoms. The number of H-pyrrole nitrogens is 2. The Morgan fingerprint density at radius 2 is 1.94 bits per heavy atom. The lowest BCUT2D eigenvalue weighted by Gasteiger charge is -2.10. The molecule has 0 fully saturated rings. The molecule has 36 heavy (non-hydrogen) atoms. The number of nitrogens with zero attached hydrogens (tertiary/aromatic N) is 4. The summed E-state index contributed by atoms with van der Waals surface area (Å²) in [4.78, 5) is 17.3. The van der Waals surface area contributed by atoms with E-state index >= 15 is 0 Å². The molecule has 0 unspecified atom stereocenters. The number of unbranched alkanes of at least 4 members (excludes halogenated alkanes) is 1. The van der Waals surface area contributed by atoms with E-state index in [2.05, 4.69) is 72.9 Å². The molecule has 0 aliphatic rings. The smallest absolute Gasteiger partial charge is 0.135 e. The maximum absolute atomic E-state index is 4.98. The summed E-state index contributed by atoms with van der Waals surface area (Å²) in [6.07, 6.45) is 10.6. The molecule has 0 radical (unpaired) electrons. The maximum atomic E-state index is 4.98. The fraction of sp³-hybridized carbons (Fsp3) is 0.143. The van der Waals surface area contributed by atoms with Crippen LogP contribution < -0.4 is 5.32 Å². The number of allylic oxidation sites excluding steroid dienone is 1. The molecule has 0 saturated carbocycles. The minimum Gasteiger partial charge on any atom is -0.358 e. The number of anilines is 1. The van der Waals surface area contributed by atoms with Gasteiger partial charge in [-0.3, -0.25) is 15.1 Å². The molecule has 0 aliphatic heterocycles. The van der Waals surface area contributed by atoms with Gasteiger partial charge in [-0.25, -0.2) is 4.98 Å². The molecule has 0 spiro atoms. The molecule has 6 heterocycles. The van der Waals surface area contributed by atoms with Crippen LogP contribution >= 0.6 is 11.3 Å². The van der Waals surface area contributed by atoms with E-state index in [9.17, 15) is 0 Å². The van der Waals surface area contributed by atoms with Crippen molar-refractivity contribution < 1.29 is 0 Å². The molecular weight excluding hydrogens is 466 g/mol. The van der Waals surface area contributed by atoms with Gasteiger partial charge in [0.2, 0.25) is 0 Å². The van der Waals surface area contributed by atoms with Crippen LogP contribution in [0.3, 0.4) is 0 Å². The predicted molar refractivity (Wildman–Crippen MR) is 148 cm³/mol. The third-order valence-corrected chi connectivity index (χ3v) is 6.91. The van der Waals surface area contributed by atoms with E-state index < -0.39 is 0 Å². The van der Waals surface area contributed by atoms with Crippen molar-refractivity contribution in [3.63, 3.8) is 0 Å².